The van der Waals surface area contributed by atoms with E-state index in [0.717, 1.165) is 23.9 Å². The molecule has 0 bridgehead atoms. The molecule has 1 aliphatic rings. The molecule has 1 atom stereocenters. The van der Waals surface area contributed by atoms with Gasteiger partial charge in [-0.25, -0.2) is 0 Å². The van der Waals surface area contributed by atoms with Crippen molar-refractivity contribution in [2.24, 2.45) is 5.92 Å². The fraction of sp³-hybridized carbons (Fsp3) is 0.364. The molecule has 3 heteroatoms. The number of halogens is 1. The third kappa shape index (κ3) is 2.15. The normalized spacial score (nSPS) is 20.9. The molecule has 74 valence electrons. The van der Waals surface area contributed by atoms with Gasteiger partial charge in [-0.1, -0.05) is 28.1 Å². The third-order valence-corrected chi connectivity index (χ3v) is 3.03. The first-order valence-electron chi connectivity index (χ1n) is 4.78. The summed E-state index contributed by atoms with van der Waals surface area (Å²) in [4.78, 5) is 11.3. The van der Waals surface area contributed by atoms with Crippen LogP contribution in [0.5, 0.6) is 0 Å². The zero-order valence-corrected chi connectivity index (χ0v) is 9.38. The Hall–Kier alpha value is -0.830. The average molecular weight is 254 g/mol. The number of hydrogen-bond acceptors (Lipinski definition) is 1. The van der Waals surface area contributed by atoms with Crippen LogP contribution >= 0.6 is 15.9 Å². The molecule has 1 aliphatic heterocycles. The van der Waals surface area contributed by atoms with E-state index in [1.165, 1.54) is 5.56 Å². The van der Waals surface area contributed by atoms with Crippen molar-refractivity contribution in [3.05, 3.63) is 34.3 Å². The lowest BCUT2D eigenvalue weighted by molar-refractivity contribution is -0.122. The molecule has 1 aromatic rings. The summed E-state index contributed by atoms with van der Waals surface area (Å²) in [5.41, 5.74) is 1.22. The highest BCUT2D eigenvalue weighted by Gasteiger charge is 2.23. The van der Waals surface area contributed by atoms with Crippen LogP contribution in [0.25, 0.3) is 0 Å². The first kappa shape index (κ1) is 9.71. The molecule has 1 aromatic carbocycles. The largest absolute Gasteiger partial charge is 0.356 e. The highest BCUT2D eigenvalue weighted by atomic mass is 79.9. The van der Waals surface area contributed by atoms with Gasteiger partial charge in [0, 0.05) is 16.9 Å². The van der Waals surface area contributed by atoms with Crippen LogP contribution in [0.1, 0.15) is 12.0 Å². The lowest BCUT2D eigenvalue weighted by Crippen LogP contribution is -2.20. The zero-order valence-electron chi connectivity index (χ0n) is 7.79. The maximum Gasteiger partial charge on any atom is 0.223 e. The van der Waals surface area contributed by atoms with Crippen molar-refractivity contribution in [3.8, 4) is 0 Å². The topological polar surface area (TPSA) is 29.1 Å². The minimum absolute atomic E-state index is 0.171. The molecule has 1 fully saturated rings. The van der Waals surface area contributed by atoms with Crippen LogP contribution in [-0.2, 0) is 11.2 Å². The quantitative estimate of drug-likeness (QED) is 0.860. The molecule has 1 N–H and O–H groups in total. The predicted octanol–water partition coefficient (Wildman–Crippen LogP) is 2.13. The van der Waals surface area contributed by atoms with Gasteiger partial charge in [-0.2, -0.15) is 0 Å². The lowest BCUT2D eigenvalue weighted by Gasteiger charge is -2.06. The second-order valence-electron chi connectivity index (χ2n) is 3.61. The average Bonchev–Trinajstić information content (AvgIpc) is 2.52. The van der Waals surface area contributed by atoms with Crippen LogP contribution in [-0.4, -0.2) is 12.5 Å². The first-order valence-corrected chi connectivity index (χ1v) is 5.57. The van der Waals surface area contributed by atoms with E-state index in [1.54, 1.807) is 0 Å². The summed E-state index contributed by atoms with van der Waals surface area (Å²) in [5.74, 6) is 0.370. The Morgan fingerprint density at radius 1 is 1.50 bits per heavy atom. The molecule has 0 saturated carbocycles. The Balaban J connectivity index is 2.07. The standard InChI is InChI=1S/C11H12BrNO/c12-10-3-1-2-8(7-10)6-9-4-5-13-11(9)14/h1-3,7,9H,4-6H2,(H,13,14)/t9-/m0/s1. The van der Waals surface area contributed by atoms with Gasteiger partial charge in [0.1, 0.15) is 0 Å². The Morgan fingerprint density at radius 2 is 2.36 bits per heavy atom. The van der Waals surface area contributed by atoms with Crippen molar-refractivity contribution >= 4 is 21.8 Å². The third-order valence-electron chi connectivity index (χ3n) is 2.53. The molecule has 1 heterocycles. The van der Waals surface area contributed by atoms with E-state index >= 15 is 0 Å². The number of carbonyl (C=O) groups excluding carboxylic acids is 1. The van der Waals surface area contributed by atoms with Gasteiger partial charge in [-0.3, -0.25) is 4.79 Å². The molecule has 0 aliphatic carbocycles. The van der Waals surface area contributed by atoms with Crippen LogP contribution in [0.2, 0.25) is 0 Å². The highest BCUT2D eigenvalue weighted by molar-refractivity contribution is 9.10. The molecule has 2 nitrogen and oxygen atoms in total. The van der Waals surface area contributed by atoms with E-state index in [9.17, 15) is 4.79 Å². The Kier molecular flexibility index (Phi) is 2.87. The summed E-state index contributed by atoms with van der Waals surface area (Å²) < 4.78 is 1.08. The smallest absolute Gasteiger partial charge is 0.223 e. The fourth-order valence-corrected chi connectivity index (χ4v) is 2.23. The summed E-state index contributed by atoms with van der Waals surface area (Å²) in [6, 6.07) is 8.15. The van der Waals surface area contributed by atoms with E-state index in [-0.39, 0.29) is 11.8 Å². The van der Waals surface area contributed by atoms with E-state index < -0.39 is 0 Å². The maximum atomic E-state index is 11.3. The van der Waals surface area contributed by atoms with Crippen molar-refractivity contribution in [2.45, 2.75) is 12.8 Å². The van der Waals surface area contributed by atoms with Gasteiger partial charge < -0.3 is 5.32 Å². The monoisotopic (exact) mass is 253 g/mol. The van der Waals surface area contributed by atoms with Gasteiger partial charge in [-0.05, 0) is 30.5 Å². The van der Waals surface area contributed by atoms with Crippen LogP contribution < -0.4 is 5.32 Å². The molecule has 14 heavy (non-hydrogen) atoms. The van der Waals surface area contributed by atoms with Gasteiger partial charge in [0.15, 0.2) is 0 Å². The second kappa shape index (κ2) is 4.13. The Morgan fingerprint density at radius 3 is 3.00 bits per heavy atom. The van der Waals surface area contributed by atoms with Crippen molar-refractivity contribution in [2.75, 3.05) is 6.54 Å². The Bertz CT molecular complexity index is 351. The van der Waals surface area contributed by atoms with Crippen LogP contribution in [0.4, 0.5) is 0 Å². The molecular weight excluding hydrogens is 242 g/mol. The van der Waals surface area contributed by atoms with E-state index in [0.29, 0.717) is 0 Å². The fourth-order valence-electron chi connectivity index (χ4n) is 1.79. The van der Waals surface area contributed by atoms with Gasteiger partial charge in [0.2, 0.25) is 5.91 Å². The predicted molar refractivity (Wildman–Crippen MR) is 59.0 cm³/mol. The van der Waals surface area contributed by atoms with E-state index in [2.05, 4.69) is 33.4 Å². The highest BCUT2D eigenvalue weighted by Crippen LogP contribution is 2.19. The molecule has 0 aromatic heterocycles. The number of hydrogen-bond donors (Lipinski definition) is 1. The molecular formula is C11H12BrNO. The molecule has 1 saturated heterocycles. The lowest BCUT2D eigenvalue weighted by atomic mass is 9.98. The van der Waals surface area contributed by atoms with Gasteiger partial charge >= 0.3 is 0 Å². The van der Waals surface area contributed by atoms with Gasteiger partial charge in [0.25, 0.3) is 0 Å². The minimum atomic E-state index is 0.171. The number of nitrogens with one attached hydrogen (secondary N) is 1. The number of amides is 1. The van der Waals surface area contributed by atoms with Crippen LogP contribution in [0.15, 0.2) is 28.7 Å². The second-order valence-corrected chi connectivity index (χ2v) is 4.53. The maximum absolute atomic E-state index is 11.3. The summed E-state index contributed by atoms with van der Waals surface area (Å²) in [6.07, 6.45) is 1.82. The summed E-state index contributed by atoms with van der Waals surface area (Å²) in [7, 11) is 0. The van der Waals surface area contributed by atoms with Crippen LogP contribution in [0.3, 0.4) is 0 Å². The van der Waals surface area contributed by atoms with Gasteiger partial charge in [0.05, 0.1) is 0 Å². The molecule has 0 unspecified atom stereocenters. The number of rotatable bonds is 2. The van der Waals surface area contributed by atoms with Crippen molar-refractivity contribution in [1.29, 1.82) is 0 Å². The molecule has 0 radical (unpaired) electrons. The summed E-state index contributed by atoms with van der Waals surface area (Å²) in [5, 5.41) is 2.85. The van der Waals surface area contributed by atoms with E-state index in [1.807, 2.05) is 12.1 Å². The first-order chi connectivity index (χ1) is 6.75. The SMILES string of the molecule is O=C1NCC[C@H]1Cc1cccc(Br)c1. The summed E-state index contributed by atoms with van der Waals surface area (Å²) >= 11 is 3.43. The van der Waals surface area contributed by atoms with Crippen molar-refractivity contribution in [1.82, 2.24) is 5.32 Å². The zero-order chi connectivity index (χ0) is 9.97. The van der Waals surface area contributed by atoms with E-state index in [4.69, 9.17) is 0 Å². The van der Waals surface area contributed by atoms with Crippen molar-refractivity contribution < 1.29 is 4.79 Å². The Labute approximate surface area is 91.8 Å². The number of carbonyl (C=O) groups is 1. The molecule has 0 spiro atoms. The number of benzene rings is 1. The summed E-state index contributed by atoms with van der Waals surface area (Å²) in [6.45, 7) is 0.831. The molecule has 1 amide bonds. The minimum Gasteiger partial charge on any atom is -0.356 e. The van der Waals surface area contributed by atoms with Gasteiger partial charge in [-0.15, -0.1) is 0 Å². The van der Waals surface area contributed by atoms with Crippen LogP contribution in [0, 0.1) is 5.92 Å². The molecule has 2 rings (SSSR count). The van der Waals surface area contributed by atoms with Crippen molar-refractivity contribution in [3.63, 3.8) is 0 Å².